The fraction of sp³-hybridized carbons (Fsp3) is 0.158. The molecule has 1 amide bonds. The second-order valence-corrected chi connectivity index (χ2v) is 6.48. The average molecular weight is 401 g/mol. The Morgan fingerprint density at radius 2 is 1.92 bits per heavy atom. The summed E-state index contributed by atoms with van der Waals surface area (Å²) in [5.41, 5.74) is 2.06. The first-order chi connectivity index (χ1) is 12.1. The third kappa shape index (κ3) is 3.91. The quantitative estimate of drug-likeness (QED) is 0.637. The zero-order chi connectivity index (χ0) is 17.8. The van der Waals surface area contributed by atoms with E-state index in [9.17, 15) is 4.79 Å². The smallest absolute Gasteiger partial charge is 0.276 e. The first kappa shape index (κ1) is 17.2. The van der Waals surface area contributed by atoms with Crippen molar-refractivity contribution in [2.24, 2.45) is 0 Å². The highest BCUT2D eigenvalue weighted by molar-refractivity contribution is 9.10. The van der Waals surface area contributed by atoms with E-state index in [2.05, 4.69) is 21.1 Å². The molecule has 1 aromatic heterocycles. The predicted molar refractivity (Wildman–Crippen MR) is 98.4 cm³/mol. The van der Waals surface area contributed by atoms with Gasteiger partial charge < -0.3 is 14.2 Å². The van der Waals surface area contributed by atoms with E-state index in [1.54, 1.807) is 25.1 Å². The minimum Gasteiger partial charge on any atom is -0.496 e. The Hall–Kier alpha value is -2.60. The van der Waals surface area contributed by atoms with Crippen LogP contribution in [0.2, 0.25) is 0 Å². The van der Waals surface area contributed by atoms with Crippen molar-refractivity contribution >= 4 is 21.8 Å². The molecule has 128 valence electrons. The Balaban J connectivity index is 1.77. The lowest BCUT2D eigenvalue weighted by Gasteiger charge is -2.15. The highest BCUT2D eigenvalue weighted by Gasteiger charge is 2.19. The molecule has 0 aliphatic heterocycles. The van der Waals surface area contributed by atoms with Crippen molar-refractivity contribution < 1.29 is 14.1 Å². The van der Waals surface area contributed by atoms with Crippen LogP contribution >= 0.6 is 15.9 Å². The molecule has 0 bridgehead atoms. The monoisotopic (exact) mass is 400 g/mol. The van der Waals surface area contributed by atoms with Gasteiger partial charge in [0.15, 0.2) is 11.5 Å². The number of nitrogens with zero attached hydrogens (tertiary/aromatic N) is 2. The van der Waals surface area contributed by atoms with Gasteiger partial charge in [0, 0.05) is 24.1 Å². The van der Waals surface area contributed by atoms with Gasteiger partial charge >= 0.3 is 0 Å². The van der Waals surface area contributed by atoms with E-state index in [0.29, 0.717) is 18.1 Å². The van der Waals surface area contributed by atoms with Crippen LogP contribution in [-0.2, 0) is 6.54 Å². The van der Waals surface area contributed by atoms with Gasteiger partial charge in [-0.2, -0.15) is 0 Å². The van der Waals surface area contributed by atoms with Gasteiger partial charge in [0.25, 0.3) is 5.91 Å². The average Bonchev–Trinajstić information content (AvgIpc) is 3.12. The Labute approximate surface area is 154 Å². The van der Waals surface area contributed by atoms with Gasteiger partial charge in [-0.15, -0.1) is 0 Å². The van der Waals surface area contributed by atoms with Crippen LogP contribution in [0, 0.1) is 0 Å². The lowest BCUT2D eigenvalue weighted by atomic mass is 10.1. The first-order valence-electron chi connectivity index (χ1n) is 7.68. The van der Waals surface area contributed by atoms with Crippen molar-refractivity contribution in [3.05, 3.63) is 70.3 Å². The second-order valence-electron chi connectivity index (χ2n) is 5.56. The summed E-state index contributed by atoms with van der Waals surface area (Å²) < 4.78 is 11.7. The number of hydrogen-bond donors (Lipinski definition) is 0. The second kappa shape index (κ2) is 7.53. The van der Waals surface area contributed by atoms with Gasteiger partial charge in [-0.25, -0.2) is 0 Å². The van der Waals surface area contributed by atoms with E-state index in [-0.39, 0.29) is 11.6 Å². The van der Waals surface area contributed by atoms with E-state index in [1.807, 2.05) is 48.5 Å². The van der Waals surface area contributed by atoms with Crippen molar-refractivity contribution in [3.8, 4) is 17.1 Å². The minimum absolute atomic E-state index is 0.201. The topological polar surface area (TPSA) is 55.6 Å². The fourth-order valence-electron chi connectivity index (χ4n) is 2.48. The zero-order valence-corrected chi connectivity index (χ0v) is 15.5. The van der Waals surface area contributed by atoms with Gasteiger partial charge in [-0.1, -0.05) is 45.4 Å². The molecule has 6 heteroatoms. The number of ether oxygens (including phenoxy) is 1. The van der Waals surface area contributed by atoms with Gasteiger partial charge in [0.1, 0.15) is 5.75 Å². The molecule has 0 radical (unpaired) electrons. The molecular weight excluding hydrogens is 384 g/mol. The summed E-state index contributed by atoms with van der Waals surface area (Å²) in [6.45, 7) is 0.489. The van der Waals surface area contributed by atoms with Crippen molar-refractivity contribution in [2.45, 2.75) is 6.54 Å². The van der Waals surface area contributed by atoms with E-state index in [0.717, 1.165) is 15.6 Å². The van der Waals surface area contributed by atoms with E-state index >= 15 is 0 Å². The first-order valence-corrected chi connectivity index (χ1v) is 8.48. The zero-order valence-electron chi connectivity index (χ0n) is 13.9. The van der Waals surface area contributed by atoms with Gasteiger partial charge in [-0.3, -0.25) is 4.79 Å². The van der Waals surface area contributed by atoms with E-state index in [4.69, 9.17) is 9.26 Å². The molecule has 0 saturated heterocycles. The number of carbonyl (C=O) groups is 1. The number of benzene rings is 2. The van der Waals surface area contributed by atoms with Crippen molar-refractivity contribution in [1.29, 1.82) is 0 Å². The number of methoxy groups -OCH3 is 1. The molecule has 0 N–H and O–H groups in total. The van der Waals surface area contributed by atoms with Crippen molar-refractivity contribution in [3.63, 3.8) is 0 Å². The molecular formula is C19H17BrN2O3. The SMILES string of the molecule is COc1ccccc1-c1cc(C(=O)N(C)Cc2ccc(Br)cc2)no1. The Kier molecular flexibility index (Phi) is 5.19. The molecule has 0 saturated carbocycles. The molecule has 3 aromatic rings. The lowest BCUT2D eigenvalue weighted by molar-refractivity contribution is 0.0775. The highest BCUT2D eigenvalue weighted by Crippen LogP contribution is 2.30. The third-order valence-electron chi connectivity index (χ3n) is 3.78. The van der Waals surface area contributed by atoms with Crippen LogP contribution in [0.3, 0.4) is 0 Å². The maximum absolute atomic E-state index is 12.6. The summed E-state index contributed by atoms with van der Waals surface area (Å²) in [6.07, 6.45) is 0. The normalized spacial score (nSPS) is 10.5. The van der Waals surface area contributed by atoms with Crippen LogP contribution in [0.1, 0.15) is 16.1 Å². The van der Waals surface area contributed by atoms with Gasteiger partial charge in [-0.05, 0) is 29.8 Å². The molecule has 25 heavy (non-hydrogen) atoms. The maximum Gasteiger partial charge on any atom is 0.276 e. The molecule has 0 spiro atoms. The number of rotatable bonds is 5. The standard InChI is InChI=1S/C19H17BrN2O3/c1-22(12-13-7-9-14(20)10-8-13)19(23)16-11-18(25-21-16)15-5-3-4-6-17(15)24-2/h3-11H,12H2,1-2H3. The van der Waals surface area contributed by atoms with Crippen molar-refractivity contribution in [1.82, 2.24) is 10.1 Å². The van der Waals surface area contributed by atoms with E-state index < -0.39 is 0 Å². The minimum atomic E-state index is -0.201. The number of halogens is 1. The molecule has 5 nitrogen and oxygen atoms in total. The molecule has 2 aromatic carbocycles. The number of carbonyl (C=O) groups excluding carboxylic acids is 1. The molecule has 3 rings (SSSR count). The molecule has 0 unspecified atom stereocenters. The number of hydrogen-bond acceptors (Lipinski definition) is 4. The number of aromatic nitrogens is 1. The molecule has 0 aliphatic carbocycles. The predicted octanol–water partition coefficient (Wildman–Crippen LogP) is 4.38. The Morgan fingerprint density at radius 1 is 1.20 bits per heavy atom. The van der Waals surface area contributed by atoms with Crippen LogP contribution in [0.25, 0.3) is 11.3 Å². The molecule has 0 aliphatic rings. The third-order valence-corrected chi connectivity index (χ3v) is 4.31. The summed E-state index contributed by atoms with van der Waals surface area (Å²) in [5, 5.41) is 3.92. The summed E-state index contributed by atoms with van der Waals surface area (Å²) in [6, 6.07) is 16.9. The largest absolute Gasteiger partial charge is 0.496 e. The molecule has 1 heterocycles. The van der Waals surface area contributed by atoms with Crippen LogP contribution in [0.4, 0.5) is 0 Å². The number of para-hydroxylation sites is 1. The maximum atomic E-state index is 12.6. The summed E-state index contributed by atoms with van der Waals surface area (Å²) in [5.74, 6) is 0.964. The Morgan fingerprint density at radius 3 is 2.64 bits per heavy atom. The lowest BCUT2D eigenvalue weighted by Crippen LogP contribution is -2.26. The van der Waals surface area contributed by atoms with Gasteiger partial charge in [0.2, 0.25) is 0 Å². The highest BCUT2D eigenvalue weighted by atomic mass is 79.9. The van der Waals surface area contributed by atoms with Gasteiger partial charge in [0.05, 0.1) is 12.7 Å². The molecule has 0 atom stereocenters. The summed E-state index contributed by atoms with van der Waals surface area (Å²) in [7, 11) is 3.33. The molecule has 0 fully saturated rings. The summed E-state index contributed by atoms with van der Waals surface area (Å²) in [4.78, 5) is 14.2. The van der Waals surface area contributed by atoms with Crippen LogP contribution in [0.5, 0.6) is 5.75 Å². The van der Waals surface area contributed by atoms with Crippen LogP contribution in [0.15, 0.2) is 63.6 Å². The number of amides is 1. The van der Waals surface area contributed by atoms with Crippen molar-refractivity contribution in [2.75, 3.05) is 14.2 Å². The van der Waals surface area contributed by atoms with Crippen LogP contribution < -0.4 is 4.74 Å². The van der Waals surface area contributed by atoms with E-state index in [1.165, 1.54) is 0 Å². The fourth-order valence-corrected chi connectivity index (χ4v) is 2.75. The Bertz CT molecular complexity index is 874. The van der Waals surface area contributed by atoms with Crippen LogP contribution in [-0.4, -0.2) is 30.1 Å². The summed E-state index contributed by atoms with van der Waals surface area (Å²) >= 11 is 3.40.